The first kappa shape index (κ1) is 14.6. The normalized spacial score (nSPS) is 17.6. The van der Waals surface area contributed by atoms with Crippen molar-refractivity contribution in [3.63, 3.8) is 0 Å². The summed E-state index contributed by atoms with van der Waals surface area (Å²) in [6, 6.07) is 6.94. The first-order valence-corrected chi connectivity index (χ1v) is 7.04. The van der Waals surface area contributed by atoms with E-state index in [4.69, 9.17) is 0 Å². The molecule has 0 aromatic heterocycles. The van der Waals surface area contributed by atoms with Crippen molar-refractivity contribution >= 4 is 17.5 Å². The quantitative estimate of drug-likeness (QED) is 0.838. The molecule has 4 heteroatoms. The number of ketones is 1. The van der Waals surface area contributed by atoms with E-state index in [1.165, 1.54) is 6.92 Å². The number of nitrogens with zero attached hydrogens (tertiary/aromatic N) is 1. The molecule has 1 aliphatic heterocycles. The zero-order valence-corrected chi connectivity index (χ0v) is 12.4. The summed E-state index contributed by atoms with van der Waals surface area (Å²) in [6.07, 6.45) is 2.06. The summed E-state index contributed by atoms with van der Waals surface area (Å²) in [7, 11) is 0. The Morgan fingerprint density at radius 1 is 1.10 bits per heavy atom. The highest BCUT2D eigenvalue weighted by atomic mass is 16.2. The molecule has 2 rings (SSSR count). The van der Waals surface area contributed by atoms with Gasteiger partial charge >= 0.3 is 6.03 Å². The fraction of sp³-hybridized carbons (Fsp3) is 0.500. The van der Waals surface area contributed by atoms with Crippen LogP contribution in [0.5, 0.6) is 0 Å². The lowest BCUT2D eigenvalue weighted by atomic mass is 9.83. The molecular formula is C16H22N2O2. The molecule has 0 radical (unpaired) electrons. The van der Waals surface area contributed by atoms with Crippen LogP contribution in [-0.2, 0) is 0 Å². The van der Waals surface area contributed by atoms with Crippen LogP contribution in [0.1, 0.15) is 44.0 Å². The van der Waals surface area contributed by atoms with Crippen LogP contribution in [0.2, 0.25) is 0 Å². The minimum absolute atomic E-state index is 0.0288. The summed E-state index contributed by atoms with van der Waals surface area (Å²) in [5.74, 6) is 0.0288. The molecule has 0 aliphatic carbocycles. The maximum atomic E-state index is 12.1. The molecule has 0 spiro atoms. The highest BCUT2D eigenvalue weighted by molar-refractivity contribution is 5.95. The zero-order chi connectivity index (χ0) is 14.8. The third-order valence-corrected chi connectivity index (χ3v) is 3.95. The molecular weight excluding hydrogens is 252 g/mol. The predicted octanol–water partition coefficient (Wildman–Crippen LogP) is 3.54. The molecule has 0 saturated carbocycles. The van der Waals surface area contributed by atoms with Crippen LogP contribution >= 0.6 is 0 Å². The number of likely N-dealkylation sites (tertiary alicyclic amines) is 1. The number of carbonyl (C=O) groups excluding carboxylic acids is 2. The van der Waals surface area contributed by atoms with Gasteiger partial charge in [-0.1, -0.05) is 13.8 Å². The highest BCUT2D eigenvalue weighted by Crippen LogP contribution is 2.29. The van der Waals surface area contributed by atoms with Gasteiger partial charge in [0.05, 0.1) is 0 Å². The van der Waals surface area contributed by atoms with Crippen LogP contribution in [0.3, 0.4) is 0 Å². The van der Waals surface area contributed by atoms with Crippen molar-refractivity contribution < 1.29 is 9.59 Å². The highest BCUT2D eigenvalue weighted by Gasteiger charge is 2.27. The Bertz CT molecular complexity index is 496. The number of nitrogens with one attached hydrogen (secondary N) is 1. The minimum atomic E-state index is -0.0592. The van der Waals surface area contributed by atoms with Crippen molar-refractivity contribution in [1.29, 1.82) is 0 Å². The Morgan fingerprint density at radius 3 is 2.15 bits per heavy atom. The molecule has 4 nitrogen and oxygen atoms in total. The minimum Gasteiger partial charge on any atom is -0.324 e. The van der Waals surface area contributed by atoms with E-state index < -0.39 is 0 Å². The monoisotopic (exact) mass is 274 g/mol. The molecule has 1 aromatic carbocycles. The topological polar surface area (TPSA) is 49.4 Å². The predicted molar refractivity (Wildman–Crippen MR) is 80.1 cm³/mol. The number of carbonyl (C=O) groups is 2. The van der Waals surface area contributed by atoms with Crippen molar-refractivity contribution in [2.24, 2.45) is 5.41 Å². The largest absolute Gasteiger partial charge is 0.324 e. The van der Waals surface area contributed by atoms with Crippen molar-refractivity contribution in [2.75, 3.05) is 18.4 Å². The molecule has 1 saturated heterocycles. The maximum absolute atomic E-state index is 12.1. The van der Waals surface area contributed by atoms with Gasteiger partial charge < -0.3 is 10.2 Å². The van der Waals surface area contributed by atoms with Gasteiger partial charge in [-0.15, -0.1) is 0 Å². The molecule has 1 N–H and O–H groups in total. The Morgan fingerprint density at radius 2 is 1.65 bits per heavy atom. The second-order valence-corrected chi connectivity index (χ2v) is 6.21. The van der Waals surface area contributed by atoms with Crippen LogP contribution in [0.15, 0.2) is 24.3 Å². The third-order valence-electron chi connectivity index (χ3n) is 3.95. The van der Waals surface area contributed by atoms with Crippen LogP contribution < -0.4 is 5.32 Å². The Balaban J connectivity index is 1.93. The molecule has 0 atom stereocenters. The van der Waals surface area contributed by atoms with E-state index >= 15 is 0 Å². The van der Waals surface area contributed by atoms with Gasteiger partial charge in [-0.2, -0.15) is 0 Å². The number of hydrogen-bond donors (Lipinski definition) is 1. The summed E-state index contributed by atoms with van der Waals surface area (Å²) in [6.45, 7) is 7.60. The number of amides is 2. The lowest BCUT2D eigenvalue weighted by Crippen LogP contribution is -2.43. The Labute approximate surface area is 120 Å². The summed E-state index contributed by atoms with van der Waals surface area (Å²) in [5.41, 5.74) is 1.72. The summed E-state index contributed by atoms with van der Waals surface area (Å²) >= 11 is 0. The summed E-state index contributed by atoms with van der Waals surface area (Å²) in [4.78, 5) is 25.2. The fourth-order valence-electron chi connectivity index (χ4n) is 2.31. The van der Waals surface area contributed by atoms with Crippen LogP contribution in [0.25, 0.3) is 0 Å². The van der Waals surface area contributed by atoms with E-state index in [1.807, 2.05) is 4.90 Å². The molecule has 1 aliphatic rings. The SMILES string of the molecule is CC(=O)c1ccc(NC(=O)N2CCC(C)(C)CC2)cc1. The van der Waals surface area contributed by atoms with Crippen molar-refractivity contribution in [1.82, 2.24) is 4.90 Å². The molecule has 1 fully saturated rings. The smallest absolute Gasteiger partial charge is 0.321 e. The van der Waals surface area contributed by atoms with Crippen LogP contribution in [-0.4, -0.2) is 29.8 Å². The van der Waals surface area contributed by atoms with E-state index in [2.05, 4.69) is 19.2 Å². The molecule has 2 amide bonds. The Kier molecular flexibility index (Phi) is 4.12. The molecule has 1 heterocycles. The number of hydrogen-bond acceptors (Lipinski definition) is 2. The molecule has 0 bridgehead atoms. The first-order valence-electron chi connectivity index (χ1n) is 7.04. The van der Waals surface area contributed by atoms with Gasteiger partial charge in [-0.05, 0) is 49.4 Å². The number of Topliss-reactive ketones (excluding diaryl/α,β-unsaturated/α-hetero) is 1. The van der Waals surface area contributed by atoms with E-state index in [1.54, 1.807) is 24.3 Å². The van der Waals surface area contributed by atoms with Gasteiger partial charge in [-0.3, -0.25) is 4.79 Å². The molecule has 20 heavy (non-hydrogen) atoms. The van der Waals surface area contributed by atoms with Crippen molar-refractivity contribution in [3.05, 3.63) is 29.8 Å². The standard InChI is InChI=1S/C16H22N2O2/c1-12(19)13-4-6-14(7-5-13)17-15(20)18-10-8-16(2,3)9-11-18/h4-7H,8-11H2,1-3H3,(H,17,20). The zero-order valence-electron chi connectivity index (χ0n) is 12.4. The molecule has 108 valence electrons. The van der Waals surface area contributed by atoms with E-state index in [0.29, 0.717) is 11.0 Å². The number of piperidine rings is 1. The van der Waals surface area contributed by atoms with Crippen LogP contribution in [0, 0.1) is 5.41 Å². The van der Waals surface area contributed by atoms with Crippen LogP contribution in [0.4, 0.5) is 10.5 Å². The molecule has 1 aromatic rings. The second-order valence-electron chi connectivity index (χ2n) is 6.21. The Hall–Kier alpha value is -1.84. The number of urea groups is 1. The summed E-state index contributed by atoms with van der Waals surface area (Å²) in [5, 5.41) is 2.88. The van der Waals surface area contributed by atoms with Gasteiger partial charge in [0.25, 0.3) is 0 Å². The third kappa shape index (κ3) is 3.59. The van der Waals surface area contributed by atoms with Gasteiger partial charge in [0.1, 0.15) is 0 Å². The second kappa shape index (κ2) is 5.65. The van der Waals surface area contributed by atoms with Gasteiger partial charge in [-0.25, -0.2) is 4.79 Å². The van der Waals surface area contributed by atoms with E-state index in [0.717, 1.165) is 31.6 Å². The fourth-order valence-corrected chi connectivity index (χ4v) is 2.31. The number of benzene rings is 1. The number of anilines is 1. The number of rotatable bonds is 2. The van der Waals surface area contributed by atoms with Gasteiger partial charge in [0, 0.05) is 24.3 Å². The average Bonchev–Trinajstić information content (AvgIpc) is 2.39. The lowest BCUT2D eigenvalue weighted by molar-refractivity contribution is 0.101. The maximum Gasteiger partial charge on any atom is 0.321 e. The first-order chi connectivity index (χ1) is 9.37. The summed E-state index contributed by atoms with van der Waals surface area (Å²) < 4.78 is 0. The van der Waals surface area contributed by atoms with E-state index in [9.17, 15) is 9.59 Å². The molecule has 0 unspecified atom stereocenters. The van der Waals surface area contributed by atoms with Gasteiger partial charge in [0.15, 0.2) is 5.78 Å². The van der Waals surface area contributed by atoms with E-state index in [-0.39, 0.29) is 11.8 Å². The van der Waals surface area contributed by atoms with Crippen molar-refractivity contribution in [3.8, 4) is 0 Å². The average molecular weight is 274 g/mol. The van der Waals surface area contributed by atoms with Gasteiger partial charge in [0.2, 0.25) is 0 Å². The van der Waals surface area contributed by atoms with Crippen molar-refractivity contribution in [2.45, 2.75) is 33.6 Å². The lowest BCUT2D eigenvalue weighted by Gasteiger charge is -2.36.